The van der Waals surface area contributed by atoms with Crippen LogP contribution in [-0.2, 0) is 0 Å². The molecule has 0 bridgehead atoms. The van der Waals surface area contributed by atoms with Gasteiger partial charge in [0.15, 0.2) is 0 Å². The third kappa shape index (κ3) is 2.79. The minimum absolute atomic E-state index is 0.840. The van der Waals surface area contributed by atoms with Crippen molar-refractivity contribution in [2.24, 2.45) is 0 Å². The lowest BCUT2D eigenvalue weighted by Crippen LogP contribution is -1.83. The molecule has 0 N–H and O–H groups in total. The lowest BCUT2D eigenvalue weighted by molar-refractivity contribution is 0.415. The maximum Gasteiger partial charge on any atom is 0.149 e. The molecule has 0 radical (unpaired) electrons. The van der Waals surface area contributed by atoms with E-state index in [0.717, 1.165) is 32.9 Å². The van der Waals surface area contributed by atoms with Crippen molar-refractivity contribution in [2.45, 2.75) is 9.79 Å². The molecule has 0 aliphatic rings. The zero-order valence-electron chi connectivity index (χ0n) is 13.2. The molecule has 0 aliphatic heterocycles. The van der Waals surface area contributed by atoms with Gasteiger partial charge < -0.3 is 9.15 Å². The van der Waals surface area contributed by atoms with Crippen LogP contribution in [0.3, 0.4) is 0 Å². The van der Waals surface area contributed by atoms with Gasteiger partial charge in [-0.25, -0.2) is 0 Å². The highest BCUT2D eigenvalue weighted by atomic mass is 32.2. The van der Waals surface area contributed by atoms with E-state index in [2.05, 4.69) is 30.3 Å². The van der Waals surface area contributed by atoms with Gasteiger partial charge in [-0.1, -0.05) is 42.1 Å². The standard InChI is InChI=1S/C21H16O2S/c1-22-16-13-11-15(12-14-16)20-21(24-17-7-3-2-4-8-17)18-9-5-6-10-19(18)23-20/h2-14H,1H3. The van der Waals surface area contributed by atoms with Crippen LogP contribution in [0.2, 0.25) is 0 Å². The summed E-state index contributed by atoms with van der Waals surface area (Å²) in [7, 11) is 1.67. The Bertz CT molecular complexity index is 956. The maximum atomic E-state index is 6.17. The van der Waals surface area contributed by atoms with E-state index in [1.165, 1.54) is 4.90 Å². The molecule has 0 fully saturated rings. The van der Waals surface area contributed by atoms with Crippen LogP contribution in [0, 0.1) is 0 Å². The summed E-state index contributed by atoms with van der Waals surface area (Å²) in [6.45, 7) is 0. The second-order valence-electron chi connectivity index (χ2n) is 5.40. The third-order valence-electron chi connectivity index (χ3n) is 3.87. The second-order valence-corrected chi connectivity index (χ2v) is 6.48. The highest BCUT2D eigenvalue weighted by Gasteiger charge is 2.17. The monoisotopic (exact) mass is 332 g/mol. The maximum absolute atomic E-state index is 6.17. The number of rotatable bonds is 4. The molecule has 24 heavy (non-hydrogen) atoms. The normalized spacial score (nSPS) is 10.9. The van der Waals surface area contributed by atoms with Crippen molar-refractivity contribution in [3.8, 4) is 17.1 Å². The van der Waals surface area contributed by atoms with E-state index in [1.807, 2.05) is 48.5 Å². The predicted molar refractivity (Wildman–Crippen MR) is 98.8 cm³/mol. The topological polar surface area (TPSA) is 22.4 Å². The Balaban J connectivity index is 1.85. The van der Waals surface area contributed by atoms with Crippen molar-refractivity contribution in [1.29, 1.82) is 0 Å². The number of benzene rings is 3. The highest BCUT2D eigenvalue weighted by Crippen LogP contribution is 2.43. The van der Waals surface area contributed by atoms with Gasteiger partial charge in [0.2, 0.25) is 0 Å². The van der Waals surface area contributed by atoms with E-state index in [9.17, 15) is 0 Å². The first-order valence-electron chi connectivity index (χ1n) is 7.74. The van der Waals surface area contributed by atoms with Gasteiger partial charge >= 0.3 is 0 Å². The van der Waals surface area contributed by atoms with E-state index in [1.54, 1.807) is 18.9 Å². The Labute approximate surface area is 145 Å². The summed E-state index contributed by atoms with van der Waals surface area (Å²) in [5, 5.41) is 1.14. The van der Waals surface area contributed by atoms with Crippen LogP contribution in [0.4, 0.5) is 0 Å². The number of fused-ring (bicyclic) bond motifs is 1. The lowest BCUT2D eigenvalue weighted by atomic mass is 10.1. The van der Waals surface area contributed by atoms with Crippen LogP contribution in [-0.4, -0.2) is 7.11 Å². The molecule has 0 amide bonds. The van der Waals surface area contributed by atoms with Crippen molar-refractivity contribution in [3.63, 3.8) is 0 Å². The van der Waals surface area contributed by atoms with Crippen LogP contribution in [0.15, 0.2) is 93.1 Å². The molecule has 3 heteroatoms. The molecule has 0 aliphatic carbocycles. The molecule has 4 aromatic rings. The van der Waals surface area contributed by atoms with Crippen LogP contribution in [0.25, 0.3) is 22.3 Å². The summed E-state index contributed by atoms with van der Waals surface area (Å²) in [5.41, 5.74) is 1.95. The van der Waals surface area contributed by atoms with E-state index in [0.29, 0.717) is 0 Å². The zero-order valence-corrected chi connectivity index (χ0v) is 14.0. The molecule has 3 aromatic carbocycles. The quantitative estimate of drug-likeness (QED) is 0.440. The van der Waals surface area contributed by atoms with Crippen molar-refractivity contribution < 1.29 is 9.15 Å². The molecule has 1 heterocycles. The fourth-order valence-electron chi connectivity index (χ4n) is 2.66. The molecule has 0 atom stereocenters. The van der Waals surface area contributed by atoms with Gasteiger partial charge in [0.25, 0.3) is 0 Å². The van der Waals surface area contributed by atoms with Gasteiger partial charge in [0, 0.05) is 15.8 Å². The minimum Gasteiger partial charge on any atom is -0.497 e. The average molecular weight is 332 g/mol. The van der Waals surface area contributed by atoms with Crippen molar-refractivity contribution in [3.05, 3.63) is 78.9 Å². The summed E-state index contributed by atoms with van der Waals surface area (Å²) >= 11 is 1.73. The fraction of sp³-hybridized carbons (Fsp3) is 0.0476. The van der Waals surface area contributed by atoms with Gasteiger partial charge in [0.05, 0.1) is 12.0 Å². The summed E-state index contributed by atoms with van der Waals surface area (Å²) < 4.78 is 11.4. The molecule has 0 saturated heterocycles. The average Bonchev–Trinajstić information content (AvgIpc) is 3.01. The molecule has 4 rings (SSSR count). The molecule has 0 spiro atoms. The Kier molecular flexibility index (Phi) is 4.01. The predicted octanol–water partition coefficient (Wildman–Crippen LogP) is 6.26. The first-order chi connectivity index (χ1) is 11.8. The summed E-state index contributed by atoms with van der Waals surface area (Å²) in [5.74, 6) is 1.74. The zero-order chi connectivity index (χ0) is 16.4. The second kappa shape index (κ2) is 6.46. The smallest absolute Gasteiger partial charge is 0.149 e. The fourth-order valence-corrected chi connectivity index (χ4v) is 3.72. The van der Waals surface area contributed by atoms with E-state index in [4.69, 9.17) is 9.15 Å². The van der Waals surface area contributed by atoms with Crippen LogP contribution < -0.4 is 4.74 Å². The SMILES string of the molecule is COc1ccc(-c2oc3ccccc3c2Sc2ccccc2)cc1. The lowest BCUT2D eigenvalue weighted by Gasteiger charge is -2.05. The van der Waals surface area contributed by atoms with E-state index < -0.39 is 0 Å². The highest BCUT2D eigenvalue weighted by molar-refractivity contribution is 7.99. The number of ether oxygens (including phenoxy) is 1. The van der Waals surface area contributed by atoms with E-state index >= 15 is 0 Å². The molecule has 0 unspecified atom stereocenters. The van der Waals surface area contributed by atoms with Gasteiger partial charge in [-0.3, -0.25) is 0 Å². The van der Waals surface area contributed by atoms with Gasteiger partial charge in [-0.2, -0.15) is 0 Å². The Morgan fingerprint density at radius 2 is 1.50 bits per heavy atom. The number of para-hydroxylation sites is 1. The molecule has 2 nitrogen and oxygen atoms in total. The van der Waals surface area contributed by atoms with Crippen molar-refractivity contribution >= 4 is 22.7 Å². The van der Waals surface area contributed by atoms with Crippen LogP contribution in [0.1, 0.15) is 0 Å². The third-order valence-corrected chi connectivity index (χ3v) is 4.98. The van der Waals surface area contributed by atoms with Crippen LogP contribution >= 0.6 is 11.8 Å². The Morgan fingerprint density at radius 3 is 2.25 bits per heavy atom. The largest absolute Gasteiger partial charge is 0.497 e. The Morgan fingerprint density at radius 1 is 0.792 bits per heavy atom. The molecule has 1 aromatic heterocycles. The molecular formula is C21H16O2S. The molecule has 118 valence electrons. The van der Waals surface area contributed by atoms with E-state index in [-0.39, 0.29) is 0 Å². The number of methoxy groups -OCH3 is 1. The van der Waals surface area contributed by atoms with Crippen molar-refractivity contribution in [1.82, 2.24) is 0 Å². The summed E-state index contributed by atoms with van der Waals surface area (Å²) in [6, 6.07) is 26.5. The first-order valence-corrected chi connectivity index (χ1v) is 8.55. The number of hydrogen-bond acceptors (Lipinski definition) is 3. The number of furan rings is 1. The number of hydrogen-bond donors (Lipinski definition) is 0. The minimum atomic E-state index is 0.840. The molecular weight excluding hydrogens is 316 g/mol. The summed E-state index contributed by atoms with van der Waals surface area (Å²) in [6.07, 6.45) is 0. The summed E-state index contributed by atoms with van der Waals surface area (Å²) in [4.78, 5) is 2.33. The van der Waals surface area contributed by atoms with Crippen LogP contribution in [0.5, 0.6) is 5.75 Å². The van der Waals surface area contributed by atoms with Gasteiger partial charge in [-0.05, 0) is 48.5 Å². The Hall–Kier alpha value is -2.65. The van der Waals surface area contributed by atoms with Gasteiger partial charge in [0.1, 0.15) is 17.1 Å². The first kappa shape index (κ1) is 14.9. The van der Waals surface area contributed by atoms with Crippen molar-refractivity contribution in [2.75, 3.05) is 7.11 Å². The van der Waals surface area contributed by atoms with Gasteiger partial charge in [-0.15, -0.1) is 0 Å². The molecule has 0 saturated carbocycles.